The Morgan fingerprint density at radius 1 is 1.29 bits per heavy atom. The summed E-state index contributed by atoms with van der Waals surface area (Å²) < 4.78 is 2.03. The highest BCUT2D eigenvalue weighted by molar-refractivity contribution is 7.11. The molecule has 0 bridgehead atoms. The summed E-state index contributed by atoms with van der Waals surface area (Å²) in [7, 11) is 0. The molecule has 2 rings (SSSR count). The summed E-state index contributed by atoms with van der Waals surface area (Å²) in [6, 6.07) is 6.97. The third kappa shape index (κ3) is 3.41. The van der Waals surface area contributed by atoms with E-state index in [0.717, 1.165) is 13.1 Å². The van der Waals surface area contributed by atoms with Crippen molar-refractivity contribution in [3.8, 4) is 0 Å². The minimum Gasteiger partial charge on any atom is -0.310 e. The van der Waals surface area contributed by atoms with E-state index in [2.05, 4.69) is 43.3 Å². The van der Waals surface area contributed by atoms with Crippen LogP contribution in [0, 0.1) is 6.92 Å². The predicted molar refractivity (Wildman–Crippen MR) is 72.4 cm³/mol. The smallest absolute Gasteiger partial charge is 0.0755 e. The molecule has 0 aliphatic carbocycles. The van der Waals surface area contributed by atoms with Crippen LogP contribution in [0.3, 0.4) is 0 Å². The molecule has 0 radical (unpaired) electrons. The zero-order chi connectivity index (χ0) is 12.3. The number of rotatable bonds is 5. The van der Waals surface area contributed by atoms with Crippen LogP contribution in [-0.2, 0) is 13.1 Å². The molecule has 2 aromatic heterocycles. The second-order valence-electron chi connectivity index (χ2n) is 4.53. The van der Waals surface area contributed by atoms with E-state index in [-0.39, 0.29) is 0 Å². The largest absolute Gasteiger partial charge is 0.310 e. The monoisotopic (exact) mass is 249 g/mol. The zero-order valence-corrected chi connectivity index (χ0v) is 11.4. The van der Waals surface area contributed by atoms with Gasteiger partial charge in [0.05, 0.1) is 6.54 Å². The molecule has 92 valence electrons. The first-order valence-electron chi connectivity index (χ1n) is 5.94. The van der Waals surface area contributed by atoms with Gasteiger partial charge >= 0.3 is 0 Å². The molecule has 0 unspecified atom stereocenters. The van der Waals surface area contributed by atoms with Crippen molar-refractivity contribution in [3.63, 3.8) is 0 Å². The van der Waals surface area contributed by atoms with Crippen LogP contribution in [0.15, 0.2) is 24.4 Å². The van der Waals surface area contributed by atoms with E-state index in [1.54, 1.807) is 0 Å². The lowest BCUT2D eigenvalue weighted by Crippen LogP contribution is -2.21. The third-order valence-corrected chi connectivity index (χ3v) is 3.71. The van der Waals surface area contributed by atoms with E-state index in [9.17, 15) is 0 Å². The number of nitrogens with one attached hydrogen (secondary N) is 1. The standard InChI is InChI=1S/C13H19N3S/c1-10(2)14-8-12-4-5-13(17-12)9-16-11(3)6-7-15-16/h4-7,10,14H,8-9H2,1-3H3. The first-order chi connectivity index (χ1) is 8.15. The van der Waals surface area contributed by atoms with Crippen LogP contribution in [0.5, 0.6) is 0 Å². The fraction of sp³-hybridized carbons (Fsp3) is 0.462. The second kappa shape index (κ2) is 5.47. The van der Waals surface area contributed by atoms with E-state index < -0.39 is 0 Å². The van der Waals surface area contributed by atoms with Gasteiger partial charge in [0.2, 0.25) is 0 Å². The Morgan fingerprint density at radius 2 is 2.06 bits per heavy atom. The van der Waals surface area contributed by atoms with Crippen LogP contribution in [-0.4, -0.2) is 15.8 Å². The minimum atomic E-state index is 0.536. The van der Waals surface area contributed by atoms with Crippen molar-refractivity contribution >= 4 is 11.3 Å². The van der Waals surface area contributed by atoms with Crippen molar-refractivity contribution in [2.24, 2.45) is 0 Å². The molecular formula is C13H19N3S. The van der Waals surface area contributed by atoms with Crippen LogP contribution in [0.25, 0.3) is 0 Å². The van der Waals surface area contributed by atoms with Crippen molar-refractivity contribution < 1.29 is 0 Å². The van der Waals surface area contributed by atoms with Gasteiger partial charge in [0.1, 0.15) is 0 Å². The van der Waals surface area contributed by atoms with Gasteiger partial charge in [0.15, 0.2) is 0 Å². The number of hydrogen-bond acceptors (Lipinski definition) is 3. The molecule has 0 fully saturated rings. The van der Waals surface area contributed by atoms with E-state index in [4.69, 9.17) is 0 Å². The molecule has 0 atom stereocenters. The predicted octanol–water partition coefficient (Wildman–Crippen LogP) is 2.80. The van der Waals surface area contributed by atoms with Crippen molar-refractivity contribution in [2.75, 3.05) is 0 Å². The molecule has 4 heteroatoms. The van der Waals surface area contributed by atoms with Gasteiger partial charge in [-0.25, -0.2) is 0 Å². The van der Waals surface area contributed by atoms with Gasteiger partial charge in [-0.2, -0.15) is 5.10 Å². The quantitative estimate of drug-likeness (QED) is 0.883. The summed E-state index contributed by atoms with van der Waals surface area (Å²) >= 11 is 1.86. The molecule has 0 saturated carbocycles. The zero-order valence-electron chi connectivity index (χ0n) is 10.6. The Balaban J connectivity index is 1.97. The fourth-order valence-electron chi connectivity index (χ4n) is 1.62. The van der Waals surface area contributed by atoms with Crippen LogP contribution >= 0.6 is 11.3 Å². The molecule has 2 aromatic rings. The molecule has 1 N–H and O–H groups in total. The maximum Gasteiger partial charge on any atom is 0.0755 e. The van der Waals surface area contributed by atoms with Gasteiger partial charge in [-0.1, -0.05) is 13.8 Å². The van der Waals surface area contributed by atoms with Crippen LogP contribution in [0.1, 0.15) is 29.3 Å². The maximum atomic E-state index is 4.30. The van der Waals surface area contributed by atoms with Crippen molar-refractivity contribution in [2.45, 2.75) is 39.9 Å². The van der Waals surface area contributed by atoms with Gasteiger partial charge in [-0.15, -0.1) is 11.3 Å². The molecule has 3 nitrogen and oxygen atoms in total. The number of nitrogens with zero attached hydrogens (tertiary/aromatic N) is 2. The maximum absolute atomic E-state index is 4.30. The highest BCUT2D eigenvalue weighted by Gasteiger charge is 2.03. The van der Waals surface area contributed by atoms with Crippen molar-refractivity contribution in [3.05, 3.63) is 39.8 Å². The molecule has 0 aliphatic rings. The molecule has 0 aromatic carbocycles. The van der Waals surface area contributed by atoms with E-state index in [1.165, 1.54) is 15.4 Å². The third-order valence-electron chi connectivity index (χ3n) is 2.64. The average molecular weight is 249 g/mol. The molecule has 2 heterocycles. The molecule has 0 amide bonds. The van der Waals surface area contributed by atoms with Gasteiger partial charge in [0, 0.05) is 34.2 Å². The summed E-state index contributed by atoms with van der Waals surface area (Å²) in [6.45, 7) is 8.26. The van der Waals surface area contributed by atoms with Crippen LogP contribution in [0.2, 0.25) is 0 Å². The Labute approximate surface area is 106 Å². The summed E-state index contributed by atoms with van der Waals surface area (Å²) in [6.07, 6.45) is 1.85. The van der Waals surface area contributed by atoms with Gasteiger partial charge in [-0.3, -0.25) is 4.68 Å². The van der Waals surface area contributed by atoms with E-state index >= 15 is 0 Å². The Bertz CT molecular complexity index is 470. The van der Waals surface area contributed by atoms with Gasteiger partial charge < -0.3 is 5.32 Å². The molecule has 0 saturated heterocycles. The summed E-state index contributed by atoms with van der Waals surface area (Å²) in [5.74, 6) is 0. The lowest BCUT2D eigenvalue weighted by atomic mass is 10.3. The van der Waals surface area contributed by atoms with E-state index in [0.29, 0.717) is 6.04 Å². The first-order valence-corrected chi connectivity index (χ1v) is 6.76. The van der Waals surface area contributed by atoms with Crippen molar-refractivity contribution in [1.29, 1.82) is 0 Å². The number of thiophene rings is 1. The molecule has 0 aliphatic heterocycles. The Hall–Kier alpha value is -1.13. The molecular weight excluding hydrogens is 230 g/mol. The van der Waals surface area contributed by atoms with Crippen LogP contribution < -0.4 is 5.32 Å². The highest BCUT2D eigenvalue weighted by Crippen LogP contribution is 2.18. The van der Waals surface area contributed by atoms with E-state index in [1.807, 2.05) is 28.3 Å². The number of hydrogen-bond donors (Lipinski definition) is 1. The highest BCUT2D eigenvalue weighted by atomic mass is 32.1. The lowest BCUT2D eigenvalue weighted by molar-refractivity contribution is 0.593. The first kappa shape index (κ1) is 12.3. The number of aromatic nitrogens is 2. The lowest BCUT2D eigenvalue weighted by Gasteiger charge is -2.05. The second-order valence-corrected chi connectivity index (χ2v) is 5.79. The Kier molecular flexibility index (Phi) is 3.97. The molecule has 0 spiro atoms. The van der Waals surface area contributed by atoms with Crippen molar-refractivity contribution in [1.82, 2.24) is 15.1 Å². The summed E-state index contributed by atoms with van der Waals surface area (Å²) in [5.41, 5.74) is 1.21. The number of aryl methyl sites for hydroxylation is 1. The summed E-state index contributed by atoms with van der Waals surface area (Å²) in [5, 5.41) is 7.74. The minimum absolute atomic E-state index is 0.536. The van der Waals surface area contributed by atoms with Crippen LogP contribution in [0.4, 0.5) is 0 Å². The topological polar surface area (TPSA) is 29.9 Å². The molecule has 17 heavy (non-hydrogen) atoms. The Morgan fingerprint density at radius 3 is 2.71 bits per heavy atom. The summed E-state index contributed by atoms with van der Waals surface area (Å²) in [4.78, 5) is 2.75. The fourth-order valence-corrected chi connectivity index (χ4v) is 2.57. The SMILES string of the molecule is Cc1ccnn1Cc1ccc(CNC(C)C)s1. The van der Waals surface area contributed by atoms with Gasteiger partial charge in [0.25, 0.3) is 0 Å². The van der Waals surface area contributed by atoms with Gasteiger partial charge in [-0.05, 0) is 25.1 Å². The average Bonchev–Trinajstić information content (AvgIpc) is 2.87. The normalized spacial score (nSPS) is 11.3.